The van der Waals surface area contributed by atoms with E-state index in [1.807, 2.05) is 0 Å². The van der Waals surface area contributed by atoms with Crippen LogP contribution in [0.4, 0.5) is 0 Å². The summed E-state index contributed by atoms with van der Waals surface area (Å²) in [5.74, 6) is -1.27. The van der Waals surface area contributed by atoms with Gasteiger partial charge in [-0.15, -0.1) is 0 Å². The zero-order valence-electron chi connectivity index (χ0n) is 9.71. The molecule has 1 aromatic rings. The topological polar surface area (TPSA) is 93.5 Å². The third-order valence-corrected chi connectivity index (χ3v) is 2.19. The number of hydrogen-bond acceptors (Lipinski definition) is 4. The van der Waals surface area contributed by atoms with Crippen LogP contribution in [0.15, 0.2) is 12.4 Å². The van der Waals surface area contributed by atoms with E-state index >= 15 is 0 Å². The van der Waals surface area contributed by atoms with Crippen molar-refractivity contribution in [3.63, 3.8) is 0 Å². The minimum absolute atomic E-state index is 0.149. The Morgan fingerprint density at radius 3 is 2.82 bits per heavy atom. The Labute approximate surface area is 98.4 Å². The van der Waals surface area contributed by atoms with Gasteiger partial charge in [0.05, 0.1) is 24.3 Å². The predicted octanol–water partition coefficient (Wildman–Crippen LogP) is -0.360. The van der Waals surface area contributed by atoms with Crippen LogP contribution in [0.5, 0.6) is 0 Å². The summed E-state index contributed by atoms with van der Waals surface area (Å²) in [7, 11) is 3.11. The lowest BCUT2D eigenvalue weighted by molar-refractivity contribution is -0.139. The standard InChI is InChI=1S/C10H15N3O4/c1-13-6-7(4-12-13)10(16)11-5-8(17-2)3-9(14)15/h4,6,8H,3,5H2,1-2H3,(H,11,16)(H,14,15). The van der Waals surface area contributed by atoms with Crippen molar-refractivity contribution in [1.82, 2.24) is 15.1 Å². The number of carboxylic acid groups (broad SMARTS) is 1. The van der Waals surface area contributed by atoms with Gasteiger partial charge in [-0.2, -0.15) is 5.10 Å². The molecule has 7 heteroatoms. The molecule has 1 heterocycles. The second kappa shape index (κ2) is 6.00. The smallest absolute Gasteiger partial charge is 0.306 e. The van der Waals surface area contributed by atoms with Gasteiger partial charge in [-0.3, -0.25) is 14.3 Å². The molecule has 7 nitrogen and oxygen atoms in total. The average Bonchev–Trinajstić information content (AvgIpc) is 2.70. The monoisotopic (exact) mass is 241 g/mol. The van der Waals surface area contributed by atoms with E-state index in [1.165, 1.54) is 18.0 Å². The van der Waals surface area contributed by atoms with Crippen LogP contribution in [0.2, 0.25) is 0 Å². The van der Waals surface area contributed by atoms with Crippen molar-refractivity contribution in [3.8, 4) is 0 Å². The zero-order valence-corrected chi connectivity index (χ0v) is 9.71. The van der Waals surface area contributed by atoms with Crippen molar-refractivity contribution in [2.45, 2.75) is 12.5 Å². The lowest BCUT2D eigenvalue weighted by Crippen LogP contribution is -2.34. The SMILES string of the molecule is COC(CNC(=O)c1cnn(C)c1)CC(=O)O. The highest BCUT2D eigenvalue weighted by Crippen LogP contribution is 1.99. The number of aryl methyl sites for hydroxylation is 1. The number of amides is 1. The zero-order chi connectivity index (χ0) is 12.8. The van der Waals surface area contributed by atoms with E-state index in [-0.39, 0.29) is 18.9 Å². The minimum Gasteiger partial charge on any atom is -0.481 e. The summed E-state index contributed by atoms with van der Waals surface area (Å²) in [5.41, 5.74) is 0.428. The maximum Gasteiger partial charge on any atom is 0.306 e. The normalized spacial score (nSPS) is 12.1. The van der Waals surface area contributed by atoms with E-state index in [9.17, 15) is 9.59 Å². The van der Waals surface area contributed by atoms with Gasteiger partial charge in [-0.05, 0) is 0 Å². The molecule has 1 amide bonds. The fourth-order valence-electron chi connectivity index (χ4n) is 1.28. The van der Waals surface area contributed by atoms with Crippen LogP contribution >= 0.6 is 0 Å². The first-order valence-electron chi connectivity index (χ1n) is 5.04. The van der Waals surface area contributed by atoms with Crippen LogP contribution in [0.3, 0.4) is 0 Å². The molecule has 0 saturated heterocycles. The predicted molar refractivity (Wildman–Crippen MR) is 58.6 cm³/mol. The van der Waals surface area contributed by atoms with E-state index in [4.69, 9.17) is 9.84 Å². The molecule has 1 rings (SSSR count). The molecule has 0 spiro atoms. The molecule has 1 aromatic heterocycles. The van der Waals surface area contributed by atoms with Crippen LogP contribution < -0.4 is 5.32 Å². The van der Waals surface area contributed by atoms with Crippen molar-refractivity contribution in [3.05, 3.63) is 18.0 Å². The number of carboxylic acids is 1. The maximum absolute atomic E-state index is 11.6. The largest absolute Gasteiger partial charge is 0.481 e. The molecule has 0 aromatic carbocycles. The molecular formula is C10H15N3O4. The van der Waals surface area contributed by atoms with Gasteiger partial charge in [0, 0.05) is 26.9 Å². The quantitative estimate of drug-likeness (QED) is 0.709. The molecule has 17 heavy (non-hydrogen) atoms. The van der Waals surface area contributed by atoms with Gasteiger partial charge in [0.15, 0.2) is 0 Å². The summed E-state index contributed by atoms with van der Waals surface area (Å²) in [4.78, 5) is 22.1. The number of nitrogens with zero attached hydrogens (tertiary/aromatic N) is 2. The average molecular weight is 241 g/mol. The molecule has 0 aliphatic heterocycles. The Bertz CT molecular complexity index is 402. The molecule has 0 radical (unpaired) electrons. The number of aliphatic carboxylic acids is 1. The number of carbonyl (C=O) groups excluding carboxylic acids is 1. The highest BCUT2D eigenvalue weighted by atomic mass is 16.5. The highest BCUT2D eigenvalue weighted by molar-refractivity contribution is 5.93. The fourth-order valence-corrected chi connectivity index (χ4v) is 1.28. The van der Waals surface area contributed by atoms with Gasteiger partial charge < -0.3 is 15.2 Å². The first-order chi connectivity index (χ1) is 8.02. The van der Waals surface area contributed by atoms with Gasteiger partial charge in [0.1, 0.15) is 0 Å². The number of ether oxygens (including phenoxy) is 1. The molecule has 0 aliphatic carbocycles. The first kappa shape index (κ1) is 13.2. The van der Waals surface area contributed by atoms with Gasteiger partial charge in [-0.25, -0.2) is 0 Å². The Morgan fingerprint density at radius 2 is 2.35 bits per heavy atom. The molecular weight excluding hydrogens is 226 g/mol. The summed E-state index contributed by atoms with van der Waals surface area (Å²) >= 11 is 0. The van der Waals surface area contributed by atoms with E-state index in [0.29, 0.717) is 5.56 Å². The number of aromatic nitrogens is 2. The second-order valence-electron chi connectivity index (χ2n) is 3.57. The van der Waals surface area contributed by atoms with Gasteiger partial charge in [0.25, 0.3) is 5.91 Å². The van der Waals surface area contributed by atoms with Crippen molar-refractivity contribution < 1.29 is 19.4 Å². The second-order valence-corrected chi connectivity index (χ2v) is 3.57. The van der Waals surface area contributed by atoms with Crippen molar-refractivity contribution >= 4 is 11.9 Å². The van der Waals surface area contributed by atoms with Crippen molar-refractivity contribution in [1.29, 1.82) is 0 Å². The first-order valence-corrected chi connectivity index (χ1v) is 5.04. The Morgan fingerprint density at radius 1 is 1.65 bits per heavy atom. The Kier molecular flexibility index (Phi) is 4.65. The van der Waals surface area contributed by atoms with Crippen molar-refractivity contribution in [2.24, 2.45) is 7.05 Å². The lowest BCUT2D eigenvalue weighted by Gasteiger charge is -2.13. The van der Waals surface area contributed by atoms with E-state index < -0.39 is 12.1 Å². The van der Waals surface area contributed by atoms with Crippen LogP contribution in [-0.2, 0) is 16.6 Å². The highest BCUT2D eigenvalue weighted by Gasteiger charge is 2.14. The number of nitrogens with one attached hydrogen (secondary N) is 1. The van der Waals surface area contributed by atoms with E-state index in [1.54, 1.807) is 13.2 Å². The molecule has 0 aliphatic rings. The Hall–Kier alpha value is -1.89. The molecule has 2 N–H and O–H groups in total. The maximum atomic E-state index is 11.6. The Balaban J connectivity index is 2.44. The summed E-state index contributed by atoms with van der Waals surface area (Å²) in [6.07, 6.45) is 2.33. The third kappa shape index (κ3) is 4.23. The number of hydrogen-bond donors (Lipinski definition) is 2. The minimum atomic E-state index is -0.965. The molecule has 0 fully saturated rings. The number of methoxy groups -OCH3 is 1. The third-order valence-electron chi connectivity index (χ3n) is 2.19. The van der Waals surface area contributed by atoms with Crippen LogP contribution in [0.1, 0.15) is 16.8 Å². The van der Waals surface area contributed by atoms with Gasteiger partial charge in [-0.1, -0.05) is 0 Å². The van der Waals surface area contributed by atoms with Crippen LogP contribution in [0.25, 0.3) is 0 Å². The summed E-state index contributed by atoms with van der Waals surface area (Å²) in [6, 6.07) is 0. The molecule has 1 unspecified atom stereocenters. The van der Waals surface area contributed by atoms with Gasteiger partial charge >= 0.3 is 5.97 Å². The number of rotatable bonds is 6. The molecule has 1 atom stereocenters. The van der Waals surface area contributed by atoms with E-state index in [0.717, 1.165) is 0 Å². The van der Waals surface area contributed by atoms with Gasteiger partial charge in [0.2, 0.25) is 0 Å². The van der Waals surface area contributed by atoms with Crippen molar-refractivity contribution in [2.75, 3.05) is 13.7 Å². The summed E-state index contributed by atoms with van der Waals surface area (Å²) < 4.78 is 6.45. The molecule has 0 bridgehead atoms. The molecule has 94 valence electrons. The fraction of sp³-hybridized carbons (Fsp3) is 0.500. The lowest BCUT2D eigenvalue weighted by atomic mass is 10.2. The summed E-state index contributed by atoms with van der Waals surface area (Å²) in [5, 5.41) is 15.0. The molecule has 0 saturated carbocycles. The van der Waals surface area contributed by atoms with Crippen LogP contribution in [0, 0.1) is 0 Å². The van der Waals surface area contributed by atoms with E-state index in [2.05, 4.69) is 10.4 Å². The number of carbonyl (C=O) groups is 2. The van der Waals surface area contributed by atoms with Crippen LogP contribution in [-0.4, -0.2) is 46.5 Å². The summed E-state index contributed by atoms with van der Waals surface area (Å²) in [6.45, 7) is 0.149.